The molecule has 0 fully saturated rings. The molecule has 0 amide bonds. The number of ether oxygens (including phenoxy) is 1. The molecule has 106 valence electrons. The van der Waals surface area contributed by atoms with Crippen molar-refractivity contribution in [2.75, 3.05) is 0 Å². The van der Waals surface area contributed by atoms with Gasteiger partial charge in [0.05, 0.1) is 0 Å². The largest absolute Gasteiger partial charge is 0.573 e. The summed E-state index contributed by atoms with van der Waals surface area (Å²) in [4.78, 5) is 0. The molecule has 2 nitrogen and oxygen atoms in total. The van der Waals surface area contributed by atoms with Crippen molar-refractivity contribution in [3.8, 4) is 22.6 Å². The van der Waals surface area contributed by atoms with Gasteiger partial charge in [-0.3, -0.25) is 0 Å². The number of aromatic hydroxyl groups is 1. The van der Waals surface area contributed by atoms with Crippen LogP contribution >= 0.6 is 0 Å². The minimum atomic E-state index is -4.81. The highest BCUT2D eigenvalue weighted by atomic mass is 19.4. The van der Waals surface area contributed by atoms with Gasteiger partial charge in [-0.05, 0) is 29.8 Å². The van der Waals surface area contributed by atoms with Crippen LogP contribution in [0.5, 0.6) is 11.5 Å². The van der Waals surface area contributed by atoms with E-state index in [1.165, 1.54) is 12.1 Å². The quantitative estimate of drug-likeness (QED) is 0.838. The molecule has 0 atom stereocenters. The fourth-order valence-corrected chi connectivity index (χ4v) is 1.61. The third-order valence-electron chi connectivity index (χ3n) is 2.47. The van der Waals surface area contributed by atoms with Crippen LogP contribution < -0.4 is 4.74 Å². The predicted octanol–water partition coefficient (Wildman–Crippen LogP) is 4.24. The van der Waals surface area contributed by atoms with Gasteiger partial charge in [-0.1, -0.05) is 12.1 Å². The lowest BCUT2D eigenvalue weighted by atomic mass is 10.0. The molecule has 2 rings (SSSR count). The van der Waals surface area contributed by atoms with Gasteiger partial charge in [-0.2, -0.15) is 4.39 Å². The van der Waals surface area contributed by atoms with Crippen molar-refractivity contribution in [2.24, 2.45) is 0 Å². The van der Waals surface area contributed by atoms with Gasteiger partial charge in [0.15, 0.2) is 11.6 Å². The predicted molar refractivity (Wildman–Crippen MR) is 60.1 cm³/mol. The van der Waals surface area contributed by atoms with Crippen LogP contribution in [-0.4, -0.2) is 11.5 Å². The SMILES string of the molecule is Oc1c(-c2ccc(OC(F)(F)F)cc2)ccc(F)c1F. The molecule has 7 heteroatoms. The molecule has 0 heterocycles. The number of alkyl halides is 3. The highest BCUT2D eigenvalue weighted by Gasteiger charge is 2.31. The van der Waals surface area contributed by atoms with E-state index in [0.717, 1.165) is 24.3 Å². The maximum Gasteiger partial charge on any atom is 0.573 e. The highest BCUT2D eigenvalue weighted by molar-refractivity contribution is 5.70. The lowest BCUT2D eigenvalue weighted by Gasteiger charge is -2.10. The van der Waals surface area contributed by atoms with E-state index < -0.39 is 29.5 Å². The van der Waals surface area contributed by atoms with Crippen LogP contribution in [0.3, 0.4) is 0 Å². The summed E-state index contributed by atoms with van der Waals surface area (Å²) in [6, 6.07) is 6.31. The summed E-state index contributed by atoms with van der Waals surface area (Å²) in [6.07, 6.45) is -4.81. The van der Waals surface area contributed by atoms with E-state index in [0.29, 0.717) is 0 Å². The number of halogens is 5. The number of phenolic OH excluding ortho intramolecular Hbond substituents is 1. The van der Waals surface area contributed by atoms with E-state index >= 15 is 0 Å². The van der Waals surface area contributed by atoms with E-state index in [2.05, 4.69) is 4.74 Å². The highest BCUT2D eigenvalue weighted by Crippen LogP contribution is 2.34. The number of phenols is 1. The van der Waals surface area contributed by atoms with Gasteiger partial charge < -0.3 is 9.84 Å². The van der Waals surface area contributed by atoms with E-state index in [1.54, 1.807) is 0 Å². The van der Waals surface area contributed by atoms with Crippen LogP contribution in [0, 0.1) is 11.6 Å². The van der Waals surface area contributed by atoms with Gasteiger partial charge in [-0.15, -0.1) is 13.2 Å². The summed E-state index contributed by atoms with van der Waals surface area (Å²) >= 11 is 0. The molecule has 0 aliphatic rings. The average Bonchev–Trinajstić information content (AvgIpc) is 2.36. The summed E-state index contributed by atoms with van der Waals surface area (Å²) in [5.41, 5.74) is 0.179. The first kappa shape index (κ1) is 14.1. The third-order valence-corrected chi connectivity index (χ3v) is 2.47. The van der Waals surface area contributed by atoms with Crippen LogP contribution in [0.15, 0.2) is 36.4 Å². The summed E-state index contributed by atoms with van der Waals surface area (Å²) in [5.74, 6) is -4.00. The molecule has 2 aromatic rings. The number of benzene rings is 2. The molecule has 0 unspecified atom stereocenters. The van der Waals surface area contributed by atoms with Crippen molar-refractivity contribution >= 4 is 0 Å². The van der Waals surface area contributed by atoms with E-state index in [1.807, 2.05) is 0 Å². The zero-order chi connectivity index (χ0) is 14.9. The van der Waals surface area contributed by atoms with Gasteiger partial charge in [0, 0.05) is 5.56 Å². The molecule has 0 spiro atoms. The lowest BCUT2D eigenvalue weighted by Crippen LogP contribution is -2.16. The van der Waals surface area contributed by atoms with E-state index in [9.17, 15) is 27.1 Å². The van der Waals surface area contributed by atoms with Gasteiger partial charge in [-0.25, -0.2) is 4.39 Å². The second-order valence-electron chi connectivity index (χ2n) is 3.83. The molecular weight excluding hydrogens is 283 g/mol. The Morgan fingerprint density at radius 2 is 1.50 bits per heavy atom. The van der Waals surface area contributed by atoms with E-state index in [4.69, 9.17) is 0 Å². The van der Waals surface area contributed by atoms with Crippen molar-refractivity contribution in [3.05, 3.63) is 48.0 Å². The molecule has 0 aliphatic carbocycles. The van der Waals surface area contributed by atoms with Crippen LogP contribution in [0.1, 0.15) is 0 Å². The first-order valence-corrected chi connectivity index (χ1v) is 5.31. The van der Waals surface area contributed by atoms with Gasteiger partial charge in [0.25, 0.3) is 0 Å². The van der Waals surface area contributed by atoms with Gasteiger partial charge in [0.1, 0.15) is 5.75 Å². The van der Waals surface area contributed by atoms with E-state index in [-0.39, 0.29) is 11.1 Å². The number of rotatable bonds is 2. The summed E-state index contributed by atoms with van der Waals surface area (Å²) in [7, 11) is 0. The molecule has 0 aromatic heterocycles. The Bertz CT molecular complexity index is 620. The van der Waals surface area contributed by atoms with Crippen molar-refractivity contribution in [1.82, 2.24) is 0 Å². The monoisotopic (exact) mass is 290 g/mol. The van der Waals surface area contributed by atoms with Crippen molar-refractivity contribution in [2.45, 2.75) is 6.36 Å². The Morgan fingerprint density at radius 1 is 0.900 bits per heavy atom. The maximum atomic E-state index is 13.2. The zero-order valence-corrected chi connectivity index (χ0v) is 9.71. The van der Waals surface area contributed by atoms with Crippen LogP contribution in [0.4, 0.5) is 22.0 Å². The second kappa shape index (κ2) is 4.99. The molecular formula is C13H7F5O2. The Hall–Kier alpha value is -2.31. The van der Waals surface area contributed by atoms with Crippen LogP contribution in [-0.2, 0) is 0 Å². The summed E-state index contributed by atoms with van der Waals surface area (Å²) in [5, 5.41) is 9.46. The molecule has 0 aliphatic heterocycles. The molecule has 0 bridgehead atoms. The summed E-state index contributed by atoms with van der Waals surface area (Å²) < 4.78 is 65.6. The summed E-state index contributed by atoms with van der Waals surface area (Å²) in [6.45, 7) is 0. The normalized spacial score (nSPS) is 11.4. The molecule has 20 heavy (non-hydrogen) atoms. The minimum Gasteiger partial charge on any atom is -0.504 e. The van der Waals surface area contributed by atoms with Gasteiger partial charge in [0.2, 0.25) is 5.82 Å². The van der Waals surface area contributed by atoms with Crippen molar-refractivity contribution < 1.29 is 31.8 Å². The maximum absolute atomic E-state index is 13.2. The molecule has 0 saturated carbocycles. The standard InChI is InChI=1S/C13H7F5O2/c14-10-6-5-9(12(19)11(10)15)7-1-3-8(4-2-7)20-13(16,17)18/h1-6,19H. The smallest absolute Gasteiger partial charge is 0.504 e. The van der Waals surface area contributed by atoms with Crippen molar-refractivity contribution in [1.29, 1.82) is 0 Å². The number of hydrogen-bond donors (Lipinski definition) is 1. The Kier molecular flexibility index (Phi) is 3.52. The lowest BCUT2D eigenvalue weighted by molar-refractivity contribution is -0.274. The Balaban J connectivity index is 2.33. The first-order valence-electron chi connectivity index (χ1n) is 5.31. The first-order chi connectivity index (χ1) is 9.28. The minimum absolute atomic E-state index is 0.0394. The Labute approximate surface area is 110 Å². The third kappa shape index (κ3) is 2.98. The second-order valence-corrected chi connectivity index (χ2v) is 3.83. The molecule has 0 radical (unpaired) electrons. The molecule has 2 aromatic carbocycles. The van der Waals surface area contributed by atoms with Crippen molar-refractivity contribution in [3.63, 3.8) is 0 Å². The topological polar surface area (TPSA) is 29.5 Å². The van der Waals surface area contributed by atoms with Crippen LogP contribution in [0.25, 0.3) is 11.1 Å². The Morgan fingerprint density at radius 3 is 2.05 bits per heavy atom. The fourth-order valence-electron chi connectivity index (χ4n) is 1.61. The zero-order valence-electron chi connectivity index (χ0n) is 9.71. The number of hydrogen-bond acceptors (Lipinski definition) is 2. The fraction of sp³-hybridized carbons (Fsp3) is 0.0769. The molecule has 1 N–H and O–H groups in total. The van der Waals surface area contributed by atoms with Gasteiger partial charge >= 0.3 is 6.36 Å². The molecule has 0 saturated heterocycles. The van der Waals surface area contributed by atoms with Crippen LogP contribution in [0.2, 0.25) is 0 Å². The average molecular weight is 290 g/mol.